The zero-order valence-electron chi connectivity index (χ0n) is 16.6. The lowest BCUT2D eigenvalue weighted by atomic mass is 10.0. The molecule has 4 heteroatoms. The van der Waals surface area contributed by atoms with Gasteiger partial charge in [0.1, 0.15) is 17.2 Å². The number of benzene rings is 1. The first-order chi connectivity index (χ1) is 12.5. The summed E-state index contributed by atoms with van der Waals surface area (Å²) < 4.78 is 32.9. The van der Waals surface area contributed by atoms with E-state index in [1.807, 2.05) is 0 Å². The molecule has 148 valence electrons. The Labute approximate surface area is 157 Å². The van der Waals surface area contributed by atoms with Gasteiger partial charge < -0.3 is 4.74 Å². The molecule has 0 aliphatic rings. The fourth-order valence-electron chi connectivity index (χ4n) is 3.06. The van der Waals surface area contributed by atoms with Crippen molar-refractivity contribution in [2.45, 2.75) is 97.5 Å². The summed E-state index contributed by atoms with van der Waals surface area (Å²) in [5.41, 5.74) is -0.347. The van der Waals surface area contributed by atoms with Crippen molar-refractivity contribution in [3.63, 3.8) is 0 Å². The molecular formula is C22H34F2O2. The molecule has 2 nitrogen and oxygen atoms in total. The highest BCUT2D eigenvalue weighted by Crippen LogP contribution is 2.19. The maximum atomic E-state index is 13.9. The summed E-state index contributed by atoms with van der Waals surface area (Å²) in [6, 6.07) is 2.41. The number of ether oxygens (including phenoxy) is 1. The molecule has 0 aliphatic heterocycles. The Morgan fingerprint density at radius 1 is 0.962 bits per heavy atom. The Bertz CT molecular complexity index is 543. The molecule has 1 unspecified atom stereocenters. The van der Waals surface area contributed by atoms with Crippen LogP contribution in [0.2, 0.25) is 0 Å². The van der Waals surface area contributed by atoms with E-state index in [9.17, 15) is 13.6 Å². The van der Waals surface area contributed by atoms with Gasteiger partial charge in [0.15, 0.2) is 0 Å². The van der Waals surface area contributed by atoms with Crippen molar-refractivity contribution < 1.29 is 18.3 Å². The molecule has 0 aromatic heterocycles. The molecule has 0 aliphatic carbocycles. The van der Waals surface area contributed by atoms with Gasteiger partial charge in [0.25, 0.3) is 0 Å². The van der Waals surface area contributed by atoms with Crippen molar-refractivity contribution in [2.75, 3.05) is 0 Å². The Morgan fingerprint density at radius 2 is 1.50 bits per heavy atom. The standard InChI is InChI=1S/C22H34F2O2/c1-4-5-6-7-8-9-10-11-12-13-14-18(3)26-22(25)20-19(23)16-15-17(2)21(20)24/h15-16,18H,4-14H2,1-3H3. The third-order valence-corrected chi connectivity index (χ3v) is 4.76. The SMILES string of the molecule is CCCCCCCCCCCCC(C)OC(=O)c1c(F)ccc(C)c1F. The lowest BCUT2D eigenvalue weighted by molar-refractivity contribution is 0.0308. The summed E-state index contributed by atoms with van der Waals surface area (Å²) in [6.07, 6.45) is 12.8. The summed E-state index contributed by atoms with van der Waals surface area (Å²) in [7, 11) is 0. The Morgan fingerprint density at radius 3 is 2.08 bits per heavy atom. The van der Waals surface area contributed by atoms with Crippen LogP contribution in [0, 0.1) is 18.6 Å². The maximum absolute atomic E-state index is 13.9. The molecule has 0 radical (unpaired) electrons. The minimum absolute atomic E-state index is 0.237. The molecule has 1 rings (SSSR count). The van der Waals surface area contributed by atoms with Gasteiger partial charge in [-0.1, -0.05) is 70.8 Å². The second kappa shape index (κ2) is 12.8. The summed E-state index contributed by atoms with van der Waals surface area (Å²) in [6.45, 7) is 5.50. The van der Waals surface area contributed by atoms with Gasteiger partial charge in [0.2, 0.25) is 0 Å². The first-order valence-electron chi connectivity index (χ1n) is 10.1. The highest BCUT2D eigenvalue weighted by molar-refractivity contribution is 5.90. The maximum Gasteiger partial charge on any atom is 0.344 e. The Hall–Kier alpha value is -1.45. The fourth-order valence-corrected chi connectivity index (χ4v) is 3.06. The second-order valence-electron chi connectivity index (χ2n) is 7.24. The van der Waals surface area contributed by atoms with Gasteiger partial charge in [-0.3, -0.25) is 0 Å². The number of carbonyl (C=O) groups is 1. The highest BCUT2D eigenvalue weighted by atomic mass is 19.1. The molecule has 0 spiro atoms. The number of hydrogen-bond acceptors (Lipinski definition) is 2. The molecule has 0 amide bonds. The quantitative estimate of drug-likeness (QED) is 0.273. The van der Waals surface area contributed by atoms with E-state index < -0.39 is 23.2 Å². The van der Waals surface area contributed by atoms with E-state index in [0.29, 0.717) is 0 Å². The molecule has 1 aromatic carbocycles. The van der Waals surface area contributed by atoms with Gasteiger partial charge in [0, 0.05) is 0 Å². The van der Waals surface area contributed by atoms with Gasteiger partial charge in [-0.25, -0.2) is 13.6 Å². The van der Waals surface area contributed by atoms with Crippen molar-refractivity contribution >= 4 is 5.97 Å². The average molecular weight is 369 g/mol. The number of rotatable bonds is 13. The lowest BCUT2D eigenvalue weighted by Crippen LogP contribution is -2.18. The first kappa shape index (κ1) is 22.6. The predicted molar refractivity (Wildman–Crippen MR) is 102 cm³/mol. The van der Waals surface area contributed by atoms with E-state index in [2.05, 4.69) is 6.92 Å². The Kier molecular flexibility index (Phi) is 11.1. The Balaban J connectivity index is 2.18. The number of unbranched alkanes of at least 4 members (excludes halogenated alkanes) is 9. The number of carbonyl (C=O) groups excluding carboxylic acids is 1. The van der Waals surface area contributed by atoms with Crippen molar-refractivity contribution in [1.82, 2.24) is 0 Å². The van der Waals surface area contributed by atoms with Crippen molar-refractivity contribution in [2.24, 2.45) is 0 Å². The van der Waals surface area contributed by atoms with Gasteiger partial charge in [-0.2, -0.15) is 0 Å². The zero-order valence-corrected chi connectivity index (χ0v) is 16.6. The number of halogens is 2. The van der Waals surface area contributed by atoms with Crippen LogP contribution in [0.15, 0.2) is 12.1 Å². The van der Waals surface area contributed by atoms with E-state index in [1.165, 1.54) is 64.4 Å². The van der Waals surface area contributed by atoms with Crippen LogP contribution in [-0.4, -0.2) is 12.1 Å². The van der Waals surface area contributed by atoms with Crippen molar-refractivity contribution in [3.8, 4) is 0 Å². The van der Waals surface area contributed by atoms with Crippen LogP contribution >= 0.6 is 0 Å². The van der Waals surface area contributed by atoms with E-state index in [4.69, 9.17) is 4.74 Å². The molecule has 0 heterocycles. The van der Waals surface area contributed by atoms with E-state index in [-0.39, 0.29) is 11.7 Å². The molecule has 0 N–H and O–H groups in total. The smallest absolute Gasteiger partial charge is 0.344 e. The monoisotopic (exact) mass is 368 g/mol. The van der Waals surface area contributed by atoms with E-state index in [0.717, 1.165) is 25.3 Å². The number of esters is 1. The fraction of sp³-hybridized carbons (Fsp3) is 0.682. The van der Waals surface area contributed by atoms with Crippen LogP contribution in [0.5, 0.6) is 0 Å². The number of hydrogen-bond donors (Lipinski definition) is 0. The molecule has 0 bridgehead atoms. The average Bonchev–Trinajstić information content (AvgIpc) is 2.60. The predicted octanol–water partition coefficient (Wildman–Crippen LogP) is 7.13. The van der Waals surface area contributed by atoms with Crippen molar-refractivity contribution in [1.29, 1.82) is 0 Å². The third-order valence-electron chi connectivity index (χ3n) is 4.76. The zero-order chi connectivity index (χ0) is 19.4. The molecule has 1 atom stereocenters. The van der Waals surface area contributed by atoms with Gasteiger partial charge >= 0.3 is 5.97 Å². The summed E-state index contributed by atoms with van der Waals surface area (Å²) in [5.74, 6) is -2.62. The topological polar surface area (TPSA) is 26.3 Å². The van der Waals surface area contributed by atoms with Crippen LogP contribution in [0.25, 0.3) is 0 Å². The van der Waals surface area contributed by atoms with Gasteiger partial charge in [-0.05, 0) is 38.3 Å². The van der Waals surface area contributed by atoms with Crippen molar-refractivity contribution in [3.05, 3.63) is 34.9 Å². The molecular weight excluding hydrogens is 334 g/mol. The van der Waals surface area contributed by atoms with E-state index in [1.54, 1.807) is 6.92 Å². The van der Waals surface area contributed by atoms with E-state index >= 15 is 0 Å². The van der Waals surface area contributed by atoms with Crippen LogP contribution < -0.4 is 0 Å². The molecule has 1 aromatic rings. The molecule has 0 fully saturated rings. The minimum Gasteiger partial charge on any atom is -0.459 e. The highest BCUT2D eigenvalue weighted by Gasteiger charge is 2.22. The number of aryl methyl sites for hydroxylation is 1. The second-order valence-corrected chi connectivity index (χ2v) is 7.24. The first-order valence-corrected chi connectivity index (χ1v) is 10.1. The summed E-state index contributed by atoms with van der Waals surface area (Å²) in [5, 5.41) is 0. The molecule has 0 saturated carbocycles. The van der Waals surface area contributed by atoms with Gasteiger partial charge in [0.05, 0.1) is 6.10 Å². The normalized spacial score (nSPS) is 12.2. The van der Waals surface area contributed by atoms with Crippen LogP contribution in [0.1, 0.15) is 100 Å². The molecule has 0 saturated heterocycles. The van der Waals surface area contributed by atoms with Crippen LogP contribution in [0.4, 0.5) is 8.78 Å². The van der Waals surface area contributed by atoms with Crippen LogP contribution in [-0.2, 0) is 4.74 Å². The largest absolute Gasteiger partial charge is 0.459 e. The minimum atomic E-state index is -0.914. The summed E-state index contributed by atoms with van der Waals surface area (Å²) >= 11 is 0. The third kappa shape index (κ3) is 8.29. The van der Waals surface area contributed by atoms with Gasteiger partial charge in [-0.15, -0.1) is 0 Å². The van der Waals surface area contributed by atoms with Crippen LogP contribution in [0.3, 0.4) is 0 Å². The lowest BCUT2D eigenvalue weighted by Gasteiger charge is -2.14. The summed E-state index contributed by atoms with van der Waals surface area (Å²) in [4.78, 5) is 12.0. The molecule has 26 heavy (non-hydrogen) atoms.